The van der Waals surface area contributed by atoms with E-state index >= 15 is 0 Å². The first-order valence-corrected chi connectivity index (χ1v) is 12.5. The van der Waals surface area contributed by atoms with E-state index in [2.05, 4.69) is 10.4 Å². The second-order valence-electron chi connectivity index (χ2n) is 8.19. The number of amides is 1. The Balaban J connectivity index is 1.54. The van der Waals surface area contributed by atoms with Crippen LogP contribution in [-0.2, 0) is 26.0 Å². The summed E-state index contributed by atoms with van der Waals surface area (Å²) in [7, 11) is -3.72. The molecule has 2 aromatic carbocycles. The van der Waals surface area contributed by atoms with Crippen LogP contribution in [0, 0.1) is 0 Å². The monoisotopic (exact) mass is 484 g/mol. The fourth-order valence-electron chi connectivity index (χ4n) is 3.61. The summed E-state index contributed by atoms with van der Waals surface area (Å²) >= 11 is 0. The normalized spacial score (nSPS) is 14.8. The third-order valence-electron chi connectivity index (χ3n) is 5.22. The lowest BCUT2D eigenvalue weighted by molar-refractivity contribution is -0.115. The standard InChI is InChI=1S/C24H28N4O5S/c1-18(2)33-23-9-8-21(34(30,31)27-10-12-32-13-11-27)15-22(23)26-24(29)14-19-16-25-28(17-19)20-6-4-3-5-7-20/h3-9,15-18H,10-14H2,1-2H3,(H,26,29). The van der Waals surface area contributed by atoms with Crippen molar-refractivity contribution in [2.75, 3.05) is 31.6 Å². The number of nitrogens with one attached hydrogen (secondary N) is 1. The van der Waals surface area contributed by atoms with Crippen LogP contribution in [0.2, 0.25) is 0 Å². The van der Waals surface area contributed by atoms with Crippen molar-refractivity contribution in [2.24, 2.45) is 0 Å². The largest absolute Gasteiger partial charge is 0.489 e. The van der Waals surface area contributed by atoms with E-state index in [1.54, 1.807) is 23.1 Å². The molecule has 1 N–H and O–H groups in total. The Labute approximate surface area is 199 Å². The summed E-state index contributed by atoms with van der Waals surface area (Å²) in [5.74, 6) is 0.103. The van der Waals surface area contributed by atoms with E-state index in [0.717, 1.165) is 11.3 Å². The molecule has 0 bridgehead atoms. The van der Waals surface area contributed by atoms with Crippen LogP contribution in [0.25, 0.3) is 5.69 Å². The molecule has 10 heteroatoms. The van der Waals surface area contributed by atoms with Crippen molar-refractivity contribution < 1.29 is 22.7 Å². The second kappa shape index (κ2) is 10.4. The lowest BCUT2D eigenvalue weighted by atomic mass is 10.2. The van der Waals surface area contributed by atoms with Crippen LogP contribution in [-0.4, -0.2) is 60.8 Å². The van der Waals surface area contributed by atoms with E-state index in [9.17, 15) is 13.2 Å². The van der Waals surface area contributed by atoms with Crippen LogP contribution < -0.4 is 10.1 Å². The number of nitrogens with zero attached hydrogens (tertiary/aromatic N) is 3. The van der Waals surface area contributed by atoms with Gasteiger partial charge in [-0.15, -0.1) is 0 Å². The van der Waals surface area contributed by atoms with Crippen molar-refractivity contribution in [3.8, 4) is 11.4 Å². The quantitative estimate of drug-likeness (QED) is 0.528. The van der Waals surface area contributed by atoms with Gasteiger partial charge in [0.15, 0.2) is 0 Å². The molecule has 1 saturated heterocycles. The maximum atomic E-state index is 13.1. The van der Waals surface area contributed by atoms with Gasteiger partial charge in [-0.25, -0.2) is 13.1 Å². The molecule has 34 heavy (non-hydrogen) atoms. The topological polar surface area (TPSA) is 103 Å². The van der Waals surface area contributed by atoms with Crippen molar-refractivity contribution in [1.29, 1.82) is 0 Å². The van der Waals surface area contributed by atoms with E-state index in [-0.39, 0.29) is 23.3 Å². The number of sulfonamides is 1. The van der Waals surface area contributed by atoms with Crippen LogP contribution in [0.4, 0.5) is 5.69 Å². The Bertz CT molecular complexity index is 1240. The predicted octanol–water partition coefficient (Wildman–Crippen LogP) is 2.86. The number of morpholine rings is 1. The van der Waals surface area contributed by atoms with Gasteiger partial charge in [0.25, 0.3) is 0 Å². The molecule has 1 aliphatic rings. The summed E-state index contributed by atoms with van der Waals surface area (Å²) in [5, 5.41) is 7.14. The summed E-state index contributed by atoms with van der Waals surface area (Å²) in [4.78, 5) is 12.9. The van der Waals surface area contributed by atoms with Crippen LogP contribution in [0.3, 0.4) is 0 Å². The lowest BCUT2D eigenvalue weighted by Crippen LogP contribution is -2.40. The Hall–Kier alpha value is -3.21. The van der Waals surface area contributed by atoms with Gasteiger partial charge >= 0.3 is 0 Å². The zero-order valence-corrected chi connectivity index (χ0v) is 20.0. The molecule has 0 atom stereocenters. The second-order valence-corrected chi connectivity index (χ2v) is 10.1. The molecule has 0 unspecified atom stereocenters. The third-order valence-corrected chi connectivity index (χ3v) is 7.11. The van der Waals surface area contributed by atoms with E-state index in [1.807, 2.05) is 44.2 Å². The first-order valence-electron chi connectivity index (χ1n) is 11.1. The molecule has 1 fully saturated rings. The third kappa shape index (κ3) is 5.64. The van der Waals surface area contributed by atoms with E-state index < -0.39 is 10.0 Å². The number of rotatable bonds is 8. The van der Waals surface area contributed by atoms with Crippen molar-refractivity contribution in [2.45, 2.75) is 31.3 Å². The Kier molecular flexibility index (Phi) is 7.30. The van der Waals surface area contributed by atoms with Crippen LogP contribution in [0.5, 0.6) is 5.75 Å². The van der Waals surface area contributed by atoms with Crippen LogP contribution in [0.1, 0.15) is 19.4 Å². The first-order chi connectivity index (χ1) is 16.3. The van der Waals surface area contributed by atoms with Crippen LogP contribution in [0.15, 0.2) is 65.8 Å². The Morgan fingerprint density at radius 1 is 1.15 bits per heavy atom. The number of benzene rings is 2. The number of hydrogen-bond acceptors (Lipinski definition) is 6. The summed E-state index contributed by atoms with van der Waals surface area (Å²) in [6, 6.07) is 14.1. The highest BCUT2D eigenvalue weighted by molar-refractivity contribution is 7.89. The SMILES string of the molecule is CC(C)Oc1ccc(S(=O)(=O)N2CCOCC2)cc1NC(=O)Cc1cnn(-c2ccccc2)c1. The number of hydrogen-bond donors (Lipinski definition) is 1. The molecule has 0 spiro atoms. The average Bonchev–Trinajstić information content (AvgIpc) is 3.29. The Morgan fingerprint density at radius 2 is 1.88 bits per heavy atom. The highest BCUT2D eigenvalue weighted by Crippen LogP contribution is 2.30. The molecular weight excluding hydrogens is 456 g/mol. The van der Waals surface area contributed by atoms with Gasteiger partial charge in [0.05, 0.1) is 48.2 Å². The number of carbonyl (C=O) groups is 1. The average molecular weight is 485 g/mol. The smallest absolute Gasteiger partial charge is 0.243 e. The molecule has 0 aliphatic carbocycles. The molecule has 3 aromatic rings. The molecule has 180 valence electrons. The molecule has 1 aliphatic heterocycles. The lowest BCUT2D eigenvalue weighted by Gasteiger charge is -2.26. The minimum absolute atomic E-state index is 0.0778. The van der Waals surface area contributed by atoms with Crippen molar-refractivity contribution >= 4 is 21.6 Å². The number of para-hydroxylation sites is 1. The van der Waals surface area contributed by atoms with E-state index in [1.165, 1.54) is 16.4 Å². The summed E-state index contributed by atoms with van der Waals surface area (Å²) in [5.41, 5.74) is 1.93. The maximum Gasteiger partial charge on any atom is 0.243 e. The summed E-state index contributed by atoms with van der Waals surface area (Å²) in [6.45, 7) is 5.02. The minimum atomic E-state index is -3.72. The number of aromatic nitrogens is 2. The summed E-state index contributed by atoms with van der Waals surface area (Å²) < 4.78 is 40.4. The zero-order valence-electron chi connectivity index (χ0n) is 19.2. The van der Waals surface area contributed by atoms with Gasteiger partial charge < -0.3 is 14.8 Å². The Morgan fingerprint density at radius 3 is 2.59 bits per heavy atom. The number of ether oxygens (including phenoxy) is 2. The first kappa shape index (κ1) is 23.9. The van der Waals surface area contributed by atoms with Crippen LogP contribution >= 0.6 is 0 Å². The zero-order chi connectivity index (χ0) is 24.1. The van der Waals surface area contributed by atoms with Crippen molar-refractivity contribution in [3.05, 3.63) is 66.5 Å². The fourth-order valence-corrected chi connectivity index (χ4v) is 5.05. The highest BCUT2D eigenvalue weighted by atomic mass is 32.2. The minimum Gasteiger partial charge on any atom is -0.489 e. The fraction of sp³-hybridized carbons (Fsp3) is 0.333. The molecule has 0 saturated carbocycles. The maximum absolute atomic E-state index is 13.1. The van der Waals surface area contributed by atoms with Gasteiger partial charge in [-0.3, -0.25) is 4.79 Å². The molecule has 9 nitrogen and oxygen atoms in total. The van der Waals surface area contributed by atoms with Gasteiger partial charge in [-0.2, -0.15) is 9.40 Å². The molecule has 1 aromatic heterocycles. The van der Waals surface area contributed by atoms with Gasteiger partial charge in [0.2, 0.25) is 15.9 Å². The van der Waals surface area contributed by atoms with Gasteiger partial charge in [-0.05, 0) is 49.7 Å². The molecule has 4 rings (SSSR count). The number of anilines is 1. The molecule has 2 heterocycles. The van der Waals surface area contributed by atoms with Gasteiger partial charge in [-0.1, -0.05) is 18.2 Å². The molecule has 0 radical (unpaired) electrons. The van der Waals surface area contributed by atoms with Gasteiger partial charge in [0, 0.05) is 19.3 Å². The van der Waals surface area contributed by atoms with Crippen molar-refractivity contribution in [1.82, 2.24) is 14.1 Å². The summed E-state index contributed by atoms with van der Waals surface area (Å²) in [6.07, 6.45) is 3.35. The van der Waals surface area contributed by atoms with E-state index in [0.29, 0.717) is 37.7 Å². The predicted molar refractivity (Wildman–Crippen MR) is 128 cm³/mol. The van der Waals surface area contributed by atoms with E-state index in [4.69, 9.17) is 9.47 Å². The molecule has 1 amide bonds. The van der Waals surface area contributed by atoms with Gasteiger partial charge in [0.1, 0.15) is 5.75 Å². The molecular formula is C24H28N4O5S. The van der Waals surface area contributed by atoms with Crippen molar-refractivity contribution in [3.63, 3.8) is 0 Å². The highest BCUT2D eigenvalue weighted by Gasteiger charge is 2.27. The number of carbonyl (C=O) groups excluding carboxylic acids is 1.